The number of primary amides is 1. The number of nitrogens with zero attached hydrogens (tertiary/aromatic N) is 2. The Bertz CT molecular complexity index is 781. The second-order valence-electron chi connectivity index (χ2n) is 6.69. The number of halogens is 1. The summed E-state index contributed by atoms with van der Waals surface area (Å²) in [6.45, 7) is 1.30. The monoisotopic (exact) mass is 376 g/mol. The zero-order valence-corrected chi connectivity index (χ0v) is 15.0. The highest BCUT2D eigenvalue weighted by Crippen LogP contribution is 2.35. The van der Waals surface area contributed by atoms with Crippen LogP contribution in [0.15, 0.2) is 36.5 Å². The zero-order chi connectivity index (χ0) is 18.6. The molecule has 1 aliphatic heterocycles. The van der Waals surface area contributed by atoms with Crippen LogP contribution in [0.25, 0.3) is 0 Å². The molecule has 1 aromatic carbocycles. The van der Waals surface area contributed by atoms with Crippen molar-refractivity contribution in [1.29, 1.82) is 0 Å². The maximum absolute atomic E-state index is 12.6. The predicted octanol–water partition coefficient (Wildman–Crippen LogP) is 2.24. The van der Waals surface area contributed by atoms with Gasteiger partial charge in [0, 0.05) is 36.1 Å². The quantitative estimate of drug-likeness (QED) is 0.807. The van der Waals surface area contributed by atoms with Gasteiger partial charge in [-0.3, -0.25) is 14.7 Å². The number of benzene rings is 1. The Morgan fingerprint density at radius 3 is 2.92 bits per heavy atom. The van der Waals surface area contributed by atoms with E-state index in [0.29, 0.717) is 29.6 Å². The van der Waals surface area contributed by atoms with Crippen LogP contribution < -0.4 is 10.5 Å². The van der Waals surface area contributed by atoms with Crippen molar-refractivity contribution >= 4 is 23.4 Å². The zero-order valence-electron chi connectivity index (χ0n) is 14.3. The summed E-state index contributed by atoms with van der Waals surface area (Å²) in [7, 11) is 0. The summed E-state index contributed by atoms with van der Waals surface area (Å²) in [5.41, 5.74) is 5.38. The van der Waals surface area contributed by atoms with Crippen molar-refractivity contribution < 1.29 is 14.3 Å². The van der Waals surface area contributed by atoms with E-state index >= 15 is 0 Å². The molecule has 0 saturated carbocycles. The minimum atomic E-state index is -0.526. The Kier molecular flexibility index (Phi) is 5.46. The average molecular weight is 377 g/mol. The fourth-order valence-corrected chi connectivity index (χ4v) is 3.58. The molecule has 138 valence electrons. The van der Waals surface area contributed by atoms with E-state index in [0.717, 1.165) is 12.8 Å². The number of nitrogens with one attached hydrogen (secondary N) is 1. The molecule has 3 N–H and O–H groups in total. The van der Waals surface area contributed by atoms with Gasteiger partial charge in [-0.15, -0.1) is 0 Å². The molecule has 0 radical (unpaired) electrons. The van der Waals surface area contributed by atoms with E-state index < -0.39 is 11.3 Å². The van der Waals surface area contributed by atoms with Gasteiger partial charge in [-0.05, 0) is 37.1 Å². The van der Waals surface area contributed by atoms with E-state index in [1.165, 1.54) is 6.20 Å². The lowest BCUT2D eigenvalue weighted by molar-refractivity contribution is -0.122. The second-order valence-corrected chi connectivity index (χ2v) is 7.13. The standard InChI is InChI=1S/C18H21ClN4O3/c19-13-3-1-4-14(9-13)26-12-18(10-16(20)24)6-2-8-23(11-18)17(25)15-5-7-21-22-15/h1,3-5,7,9H,2,6,8,10-12H2,(H2,20,24)(H,21,22). The molecule has 2 amide bonds. The second kappa shape index (κ2) is 7.78. The number of nitrogens with two attached hydrogens (primary N) is 1. The molecule has 1 unspecified atom stereocenters. The van der Waals surface area contributed by atoms with Gasteiger partial charge in [-0.1, -0.05) is 17.7 Å². The average Bonchev–Trinajstić information content (AvgIpc) is 3.14. The number of H-pyrrole nitrogens is 1. The van der Waals surface area contributed by atoms with Crippen LogP contribution in [-0.4, -0.2) is 46.6 Å². The molecule has 8 heteroatoms. The smallest absolute Gasteiger partial charge is 0.271 e. The number of carbonyl (C=O) groups is 2. The summed E-state index contributed by atoms with van der Waals surface area (Å²) in [5, 5.41) is 7.09. The Morgan fingerprint density at radius 1 is 1.38 bits per heavy atom. The largest absolute Gasteiger partial charge is 0.493 e. The van der Waals surface area contributed by atoms with Crippen LogP contribution in [0.5, 0.6) is 5.75 Å². The minimum Gasteiger partial charge on any atom is -0.493 e. The van der Waals surface area contributed by atoms with Gasteiger partial charge >= 0.3 is 0 Å². The minimum absolute atomic E-state index is 0.140. The molecule has 2 heterocycles. The van der Waals surface area contributed by atoms with Crippen LogP contribution in [-0.2, 0) is 4.79 Å². The van der Waals surface area contributed by atoms with Gasteiger partial charge in [-0.2, -0.15) is 5.10 Å². The van der Waals surface area contributed by atoms with Crippen molar-refractivity contribution in [2.24, 2.45) is 11.1 Å². The summed E-state index contributed by atoms with van der Waals surface area (Å²) in [6.07, 6.45) is 3.21. The van der Waals surface area contributed by atoms with Crippen molar-refractivity contribution in [3.63, 3.8) is 0 Å². The van der Waals surface area contributed by atoms with Gasteiger partial charge in [0.1, 0.15) is 11.4 Å². The van der Waals surface area contributed by atoms with E-state index in [1.54, 1.807) is 35.2 Å². The fourth-order valence-electron chi connectivity index (χ4n) is 3.40. The maximum Gasteiger partial charge on any atom is 0.271 e. The molecule has 2 aromatic rings. The lowest BCUT2D eigenvalue weighted by atomic mass is 9.77. The van der Waals surface area contributed by atoms with Crippen molar-refractivity contribution in [3.05, 3.63) is 47.2 Å². The molecule has 1 saturated heterocycles. The summed E-state index contributed by atoms with van der Waals surface area (Å²) in [6, 6.07) is 8.72. The lowest BCUT2D eigenvalue weighted by Crippen LogP contribution is -2.50. The molecule has 0 aliphatic carbocycles. The first-order valence-corrected chi connectivity index (χ1v) is 8.81. The van der Waals surface area contributed by atoms with Crippen LogP contribution >= 0.6 is 11.6 Å². The van der Waals surface area contributed by atoms with Gasteiger partial charge in [0.05, 0.1) is 6.61 Å². The van der Waals surface area contributed by atoms with Crippen LogP contribution in [0.3, 0.4) is 0 Å². The molecule has 1 fully saturated rings. The summed E-state index contributed by atoms with van der Waals surface area (Å²) >= 11 is 5.99. The lowest BCUT2D eigenvalue weighted by Gasteiger charge is -2.41. The Balaban J connectivity index is 1.75. The van der Waals surface area contributed by atoms with Gasteiger partial charge in [0.2, 0.25) is 5.91 Å². The third kappa shape index (κ3) is 4.35. The van der Waals surface area contributed by atoms with Crippen molar-refractivity contribution in [1.82, 2.24) is 15.1 Å². The van der Waals surface area contributed by atoms with Gasteiger partial charge in [0.25, 0.3) is 5.91 Å². The van der Waals surface area contributed by atoms with E-state index in [9.17, 15) is 9.59 Å². The number of piperidine rings is 1. The number of aromatic nitrogens is 2. The van der Waals surface area contributed by atoms with Crippen molar-refractivity contribution in [3.8, 4) is 5.75 Å². The molecule has 1 atom stereocenters. The normalized spacial score (nSPS) is 20.0. The number of hydrogen-bond acceptors (Lipinski definition) is 4. The molecule has 1 aromatic heterocycles. The highest BCUT2D eigenvalue weighted by molar-refractivity contribution is 6.30. The first-order chi connectivity index (χ1) is 12.5. The van der Waals surface area contributed by atoms with E-state index in [1.807, 2.05) is 0 Å². The van der Waals surface area contributed by atoms with Crippen molar-refractivity contribution in [2.75, 3.05) is 19.7 Å². The molecule has 3 rings (SSSR count). The maximum atomic E-state index is 12.6. The third-order valence-corrected chi connectivity index (χ3v) is 4.81. The molecule has 7 nitrogen and oxygen atoms in total. The van der Waals surface area contributed by atoms with Gasteiger partial charge < -0.3 is 15.4 Å². The third-order valence-electron chi connectivity index (χ3n) is 4.57. The van der Waals surface area contributed by atoms with E-state index in [4.69, 9.17) is 22.1 Å². The number of hydrogen-bond donors (Lipinski definition) is 2. The number of carbonyl (C=O) groups excluding carboxylic acids is 2. The number of rotatable bonds is 6. The van der Waals surface area contributed by atoms with Crippen LogP contribution in [0, 0.1) is 5.41 Å². The SMILES string of the molecule is NC(=O)CC1(COc2cccc(Cl)c2)CCCN(C(=O)c2ccn[nH]2)C1. The molecular formula is C18H21ClN4O3. The summed E-state index contributed by atoms with van der Waals surface area (Å²) in [4.78, 5) is 26.0. The molecule has 0 spiro atoms. The summed E-state index contributed by atoms with van der Waals surface area (Å²) < 4.78 is 5.90. The highest BCUT2D eigenvalue weighted by Gasteiger charge is 2.39. The molecule has 0 bridgehead atoms. The molecular weight excluding hydrogens is 356 g/mol. The Morgan fingerprint density at radius 2 is 2.23 bits per heavy atom. The predicted molar refractivity (Wildman–Crippen MR) is 96.9 cm³/mol. The highest BCUT2D eigenvalue weighted by atomic mass is 35.5. The Labute approximate surface area is 156 Å². The van der Waals surface area contributed by atoms with Crippen LogP contribution in [0.4, 0.5) is 0 Å². The van der Waals surface area contributed by atoms with Gasteiger partial charge in [0.15, 0.2) is 0 Å². The van der Waals surface area contributed by atoms with E-state index in [-0.39, 0.29) is 18.9 Å². The summed E-state index contributed by atoms with van der Waals surface area (Å²) in [5.74, 6) is 0.0766. The topological polar surface area (TPSA) is 101 Å². The first kappa shape index (κ1) is 18.3. The number of likely N-dealkylation sites (tertiary alicyclic amines) is 1. The molecule has 1 aliphatic rings. The van der Waals surface area contributed by atoms with Gasteiger partial charge in [-0.25, -0.2) is 0 Å². The van der Waals surface area contributed by atoms with Crippen LogP contribution in [0.2, 0.25) is 5.02 Å². The number of aromatic amines is 1. The fraction of sp³-hybridized carbons (Fsp3) is 0.389. The first-order valence-electron chi connectivity index (χ1n) is 8.43. The number of amides is 2. The van der Waals surface area contributed by atoms with E-state index in [2.05, 4.69) is 10.2 Å². The van der Waals surface area contributed by atoms with Crippen molar-refractivity contribution in [2.45, 2.75) is 19.3 Å². The number of ether oxygens (including phenoxy) is 1. The Hall–Kier alpha value is -2.54. The molecule has 26 heavy (non-hydrogen) atoms. The van der Waals surface area contributed by atoms with Crippen LogP contribution in [0.1, 0.15) is 29.8 Å².